The summed E-state index contributed by atoms with van der Waals surface area (Å²) in [6.45, 7) is 5.99. The second-order valence-corrected chi connectivity index (χ2v) is 9.40. The van der Waals surface area contributed by atoms with Crippen LogP contribution in [0, 0.1) is 19.8 Å². The summed E-state index contributed by atoms with van der Waals surface area (Å²) in [6.07, 6.45) is 4.48. The van der Waals surface area contributed by atoms with Crippen molar-refractivity contribution in [2.75, 3.05) is 4.72 Å². The fourth-order valence-electron chi connectivity index (χ4n) is 3.63. The molecule has 0 saturated heterocycles. The number of hydrogen-bond donors (Lipinski definition) is 2. The fourth-order valence-corrected chi connectivity index (χ4v) is 4.76. The quantitative estimate of drug-likeness (QED) is 0.780. The Bertz CT molecular complexity index is 952. The third-order valence-corrected chi connectivity index (χ3v) is 7.09. The molecule has 150 valence electrons. The molecule has 28 heavy (non-hydrogen) atoms. The highest BCUT2D eigenvalue weighted by Gasteiger charge is 2.23. The minimum atomic E-state index is -3.71. The number of anilines is 1. The molecule has 0 radical (unpaired) electrons. The van der Waals surface area contributed by atoms with Crippen molar-refractivity contribution >= 4 is 21.6 Å². The predicted molar refractivity (Wildman–Crippen MR) is 112 cm³/mol. The van der Waals surface area contributed by atoms with Gasteiger partial charge in [0.2, 0.25) is 0 Å². The zero-order valence-electron chi connectivity index (χ0n) is 16.7. The number of amides is 1. The van der Waals surface area contributed by atoms with Gasteiger partial charge in [-0.2, -0.15) is 0 Å². The molecule has 0 unspecified atom stereocenters. The molecule has 0 heterocycles. The van der Waals surface area contributed by atoms with Gasteiger partial charge in [-0.1, -0.05) is 31.9 Å². The molecule has 6 heteroatoms. The molecule has 3 rings (SSSR count). The summed E-state index contributed by atoms with van der Waals surface area (Å²) in [5, 5.41) is 3.09. The molecule has 0 spiro atoms. The number of benzene rings is 2. The third-order valence-electron chi connectivity index (χ3n) is 5.70. The zero-order valence-corrected chi connectivity index (χ0v) is 17.5. The first-order chi connectivity index (χ1) is 13.3. The Morgan fingerprint density at radius 2 is 1.68 bits per heavy atom. The van der Waals surface area contributed by atoms with E-state index in [9.17, 15) is 13.2 Å². The van der Waals surface area contributed by atoms with Crippen molar-refractivity contribution in [1.82, 2.24) is 5.32 Å². The van der Waals surface area contributed by atoms with Gasteiger partial charge in [0.25, 0.3) is 15.9 Å². The minimum absolute atomic E-state index is 0.135. The molecule has 0 bridgehead atoms. The van der Waals surface area contributed by atoms with Crippen LogP contribution in [-0.2, 0) is 10.0 Å². The lowest BCUT2D eigenvalue weighted by atomic mass is 9.86. The van der Waals surface area contributed by atoms with Gasteiger partial charge >= 0.3 is 0 Å². The van der Waals surface area contributed by atoms with E-state index in [2.05, 4.69) is 17.0 Å². The molecule has 2 atom stereocenters. The monoisotopic (exact) mass is 400 g/mol. The van der Waals surface area contributed by atoms with Gasteiger partial charge in [-0.3, -0.25) is 9.52 Å². The predicted octanol–water partition coefficient (Wildman–Crippen LogP) is 4.41. The Kier molecular flexibility index (Phi) is 6.08. The maximum atomic E-state index is 12.7. The number of aryl methyl sites for hydroxylation is 1. The Hall–Kier alpha value is -2.34. The molecule has 2 N–H and O–H groups in total. The lowest BCUT2D eigenvalue weighted by Crippen LogP contribution is -2.41. The normalized spacial score (nSPS) is 19.8. The summed E-state index contributed by atoms with van der Waals surface area (Å²) in [5.41, 5.74) is 2.95. The summed E-state index contributed by atoms with van der Waals surface area (Å²) in [7, 11) is -3.71. The van der Waals surface area contributed by atoms with Crippen LogP contribution in [0.3, 0.4) is 0 Å². The molecule has 1 aliphatic carbocycles. The van der Waals surface area contributed by atoms with Gasteiger partial charge in [0, 0.05) is 11.6 Å². The molecule has 1 fully saturated rings. The van der Waals surface area contributed by atoms with Crippen molar-refractivity contribution in [2.45, 2.75) is 57.4 Å². The van der Waals surface area contributed by atoms with Gasteiger partial charge < -0.3 is 5.32 Å². The van der Waals surface area contributed by atoms with E-state index >= 15 is 0 Å². The van der Waals surface area contributed by atoms with E-state index in [4.69, 9.17) is 0 Å². The molecule has 0 aromatic heterocycles. The molecule has 2 aromatic carbocycles. The summed E-state index contributed by atoms with van der Waals surface area (Å²) >= 11 is 0. The third kappa shape index (κ3) is 4.55. The maximum Gasteiger partial charge on any atom is 0.261 e. The highest BCUT2D eigenvalue weighted by atomic mass is 32.2. The van der Waals surface area contributed by atoms with Crippen LogP contribution in [0.15, 0.2) is 47.4 Å². The van der Waals surface area contributed by atoms with E-state index in [1.54, 1.807) is 18.2 Å². The summed E-state index contributed by atoms with van der Waals surface area (Å²) in [4.78, 5) is 12.7. The Balaban J connectivity index is 1.72. The second-order valence-electron chi connectivity index (χ2n) is 7.72. The average molecular weight is 401 g/mol. The van der Waals surface area contributed by atoms with Crippen molar-refractivity contribution in [3.05, 3.63) is 59.2 Å². The van der Waals surface area contributed by atoms with Crippen molar-refractivity contribution in [1.29, 1.82) is 0 Å². The molecule has 2 aromatic rings. The Morgan fingerprint density at radius 1 is 1.00 bits per heavy atom. The van der Waals surface area contributed by atoms with E-state index in [0.717, 1.165) is 30.4 Å². The first-order valence-electron chi connectivity index (χ1n) is 9.78. The summed E-state index contributed by atoms with van der Waals surface area (Å²) in [6, 6.07) is 11.8. The molecular formula is C22H28N2O3S. The number of rotatable bonds is 5. The smallest absolute Gasteiger partial charge is 0.261 e. The molecular weight excluding hydrogens is 372 g/mol. The van der Waals surface area contributed by atoms with Gasteiger partial charge in [0.15, 0.2) is 0 Å². The van der Waals surface area contributed by atoms with Crippen LogP contribution < -0.4 is 10.0 Å². The van der Waals surface area contributed by atoms with Gasteiger partial charge in [0.1, 0.15) is 0 Å². The van der Waals surface area contributed by atoms with Crippen molar-refractivity contribution in [3.8, 4) is 0 Å². The molecule has 1 amide bonds. The number of nitrogens with one attached hydrogen (secondary N) is 2. The van der Waals surface area contributed by atoms with Crippen LogP contribution >= 0.6 is 0 Å². The van der Waals surface area contributed by atoms with Crippen LogP contribution in [0.4, 0.5) is 5.69 Å². The van der Waals surface area contributed by atoms with E-state index in [1.165, 1.54) is 18.6 Å². The van der Waals surface area contributed by atoms with E-state index in [1.807, 2.05) is 26.0 Å². The van der Waals surface area contributed by atoms with Crippen LogP contribution in [-0.4, -0.2) is 20.4 Å². The summed E-state index contributed by atoms with van der Waals surface area (Å²) in [5.74, 6) is 0.323. The SMILES string of the molecule is Cc1cccc(NS(=O)(=O)c2ccc(C(=O)N[C@@H]3CCCC[C@@H]3C)cc2)c1C. The molecule has 5 nitrogen and oxygen atoms in total. The van der Waals surface area contributed by atoms with Crippen LogP contribution in [0.5, 0.6) is 0 Å². The van der Waals surface area contributed by atoms with E-state index < -0.39 is 10.0 Å². The highest BCUT2D eigenvalue weighted by Crippen LogP contribution is 2.25. The molecule has 1 aliphatic rings. The second kappa shape index (κ2) is 8.35. The standard InChI is InChI=1S/C22H28N2O3S/c1-15-8-6-10-21(17(15)3)24-28(26,27)19-13-11-18(12-14-19)22(25)23-20-9-5-4-7-16(20)2/h6,8,10-14,16,20,24H,4-5,7,9H2,1-3H3,(H,23,25)/t16-,20+/m0/s1. The maximum absolute atomic E-state index is 12.7. The lowest BCUT2D eigenvalue weighted by Gasteiger charge is -2.29. The van der Waals surface area contributed by atoms with E-state index in [0.29, 0.717) is 17.2 Å². The number of hydrogen-bond acceptors (Lipinski definition) is 3. The zero-order chi connectivity index (χ0) is 20.3. The molecule has 0 aliphatic heterocycles. The van der Waals surface area contributed by atoms with Crippen LogP contribution in [0.2, 0.25) is 0 Å². The number of carbonyl (C=O) groups is 1. The lowest BCUT2D eigenvalue weighted by molar-refractivity contribution is 0.0910. The fraction of sp³-hybridized carbons (Fsp3) is 0.409. The van der Waals surface area contributed by atoms with E-state index in [-0.39, 0.29) is 16.8 Å². The first kappa shape index (κ1) is 20.4. The molecule has 1 saturated carbocycles. The highest BCUT2D eigenvalue weighted by molar-refractivity contribution is 7.92. The van der Waals surface area contributed by atoms with Gasteiger partial charge in [-0.15, -0.1) is 0 Å². The number of carbonyl (C=O) groups excluding carboxylic acids is 1. The minimum Gasteiger partial charge on any atom is -0.349 e. The van der Waals surface area contributed by atoms with Gasteiger partial charge in [0.05, 0.1) is 10.6 Å². The topological polar surface area (TPSA) is 75.3 Å². The number of sulfonamides is 1. The Morgan fingerprint density at radius 3 is 2.36 bits per heavy atom. The van der Waals surface area contributed by atoms with Gasteiger partial charge in [-0.25, -0.2) is 8.42 Å². The first-order valence-corrected chi connectivity index (χ1v) is 11.3. The average Bonchev–Trinajstić information content (AvgIpc) is 2.67. The summed E-state index contributed by atoms with van der Waals surface area (Å²) < 4.78 is 28.0. The van der Waals surface area contributed by atoms with Gasteiger partial charge in [-0.05, 0) is 74.1 Å². The Labute approximate surface area is 167 Å². The van der Waals surface area contributed by atoms with Crippen molar-refractivity contribution < 1.29 is 13.2 Å². The largest absolute Gasteiger partial charge is 0.349 e. The van der Waals surface area contributed by atoms with Crippen LogP contribution in [0.1, 0.15) is 54.1 Å². The van der Waals surface area contributed by atoms with Crippen molar-refractivity contribution in [3.63, 3.8) is 0 Å². The van der Waals surface area contributed by atoms with Crippen molar-refractivity contribution in [2.24, 2.45) is 5.92 Å². The van der Waals surface area contributed by atoms with Crippen LogP contribution in [0.25, 0.3) is 0 Å².